The summed E-state index contributed by atoms with van der Waals surface area (Å²) in [5.74, 6) is 0.723. The largest absolute Gasteiger partial charge is 0.487 e. The number of nitrogens with zero attached hydrogens (tertiary/aromatic N) is 3. The Hall–Kier alpha value is -5.18. The van der Waals surface area contributed by atoms with Crippen LogP contribution in [0.25, 0.3) is 21.8 Å². The molecular formula is C37H29Cl2N3O5. The van der Waals surface area contributed by atoms with Crippen LogP contribution in [-0.4, -0.2) is 28.8 Å². The number of fused-ring (bicyclic) bond motifs is 2. The molecule has 0 atom stereocenters. The molecule has 2 heterocycles. The van der Waals surface area contributed by atoms with E-state index in [1.165, 1.54) is 0 Å². The Labute approximate surface area is 281 Å². The van der Waals surface area contributed by atoms with Gasteiger partial charge in [0.1, 0.15) is 24.7 Å². The molecular weight excluding hydrogens is 637 g/mol. The molecule has 0 unspecified atom stereocenters. The van der Waals surface area contributed by atoms with E-state index >= 15 is 0 Å². The maximum Gasteiger partial charge on any atom is 0.352 e. The molecule has 0 aliphatic rings. The Balaban J connectivity index is 1.14. The second kappa shape index (κ2) is 14.9. The highest BCUT2D eigenvalue weighted by Gasteiger charge is 2.17. The summed E-state index contributed by atoms with van der Waals surface area (Å²) in [5.41, 5.74) is 4.77. The van der Waals surface area contributed by atoms with Crippen molar-refractivity contribution in [1.82, 2.24) is 9.97 Å². The van der Waals surface area contributed by atoms with Crippen molar-refractivity contribution in [2.75, 3.05) is 6.61 Å². The molecule has 0 bridgehead atoms. The molecule has 6 aromatic rings. The van der Waals surface area contributed by atoms with Gasteiger partial charge in [-0.1, -0.05) is 76.9 Å². The number of aromatic nitrogens is 2. The summed E-state index contributed by atoms with van der Waals surface area (Å²) >= 11 is 12.3. The van der Waals surface area contributed by atoms with E-state index in [9.17, 15) is 4.79 Å². The van der Waals surface area contributed by atoms with E-state index in [1.54, 1.807) is 6.92 Å². The number of halogens is 2. The number of ether oxygens (including phenoxy) is 3. The fourth-order valence-electron chi connectivity index (χ4n) is 4.85. The zero-order valence-electron chi connectivity index (χ0n) is 25.3. The lowest BCUT2D eigenvalue weighted by atomic mass is 10.0. The van der Waals surface area contributed by atoms with Crippen molar-refractivity contribution in [2.45, 2.75) is 26.2 Å². The molecule has 0 aliphatic carbocycles. The van der Waals surface area contributed by atoms with E-state index in [4.69, 9.17) is 42.3 Å². The third-order valence-electron chi connectivity index (χ3n) is 7.17. The Morgan fingerprint density at radius 2 is 1.17 bits per heavy atom. The molecule has 0 aliphatic heterocycles. The van der Waals surface area contributed by atoms with E-state index in [2.05, 4.69) is 15.1 Å². The molecule has 8 nitrogen and oxygen atoms in total. The first kappa shape index (κ1) is 31.8. The molecule has 0 saturated carbocycles. The summed E-state index contributed by atoms with van der Waals surface area (Å²) in [7, 11) is 0. The SMILES string of the molecule is CCOC(=O)C=NOC(c1ccc(OCc2ccc3ccc(Cl)cc3n2)cc1)c1ccc(OCc2ccc3ccc(Cl)cc3n2)cc1. The smallest absolute Gasteiger partial charge is 0.352 e. The van der Waals surface area contributed by atoms with Crippen molar-refractivity contribution in [1.29, 1.82) is 0 Å². The normalized spacial score (nSPS) is 11.3. The van der Waals surface area contributed by atoms with E-state index < -0.39 is 12.1 Å². The monoisotopic (exact) mass is 665 g/mol. The van der Waals surface area contributed by atoms with Crippen LogP contribution >= 0.6 is 23.2 Å². The average Bonchev–Trinajstić information content (AvgIpc) is 3.08. The van der Waals surface area contributed by atoms with Crippen LogP contribution in [0.1, 0.15) is 35.5 Å². The summed E-state index contributed by atoms with van der Waals surface area (Å²) < 4.78 is 16.9. The van der Waals surface area contributed by atoms with Gasteiger partial charge in [-0.15, -0.1) is 0 Å². The standard InChI is InChI=1S/C37H29Cl2N3O5/c1-2-44-36(43)21-40-47-37(26-7-15-32(16-8-26)45-22-30-13-5-24-3-11-28(38)19-34(24)41-30)27-9-17-33(18-10-27)46-23-31-14-6-25-4-12-29(39)20-35(25)42-31/h3-21,37H,2,22-23H2,1H3. The van der Waals surface area contributed by atoms with E-state index in [0.29, 0.717) is 21.5 Å². The fraction of sp³-hybridized carbons (Fsp3) is 0.135. The second-order valence-corrected chi connectivity index (χ2v) is 11.3. The van der Waals surface area contributed by atoms with Gasteiger partial charge in [0.05, 0.1) is 29.0 Å². The topological polar surface area (TPSA) is 92.1 Å². The van der Waals surface area contributed by atoms with E-state index in [0.717, 1.165) is 50.5 Å². The van der Waals surface area contributed by atoms with Crippen molar-refractivity contribution >= 4 is 57.2 Å². The minimum Gasteiger partial charge on any atom is -0.487 e. The molecule has 236 valence electrons. The number of carbonyl (C=O) groups is 1. The lowest BCUT2D eigenvalue weighted by Gasteiger charge is -2.17. The lowest BCUT2D eigenvalue weighted by molar-refractivity contribution is -0.134. The molecule has 10 heteroatoms. The number of rotatable bonds is 12. The van der Waals surface area contributed by atoms with Crippen molar-refractivity contribution in [3.8, 4) is 11.5 Å². The van der Waals surface area contributed by atoms with Crippen LogP contribution in [0.2, 0.25) is 10.0 Å². The van der Waals surface area contributed by atoms with Crippen molar-refractivity contribution < 1.29 is 23.8 Å². The molecule has 0 amide bonds. The first-order valence-electron chi connectivity index (χ1n) is 14.9. The number of esters is 1. The number of oxime groups is 1. The third-order valence-corrected chi connectivity index (χ3v) is 7.64. The van der Waals surface area contributed by atoms with E-state index in [1.807, 2.05) is 109 Å². The molecule has 0 saturated heterocycles. The van der Waals surface area contributed by atoms with Crippen LogP contribution < -0.4 is 9.47 Å². The van der Waals surface area contributed by atoms with Gasteiger partial charge in [0.2, 0.25) is 0 Å². The summed E-state index contributed by atoms with van der Waals surface area (Å²) in [6, 6.07) is 34.0. The van der Waals surface area contributed by atoms with Gasteiger partial charge < -0.3 is 19.0 Å². The van der Waals surface area contributed by atoms with Crippen LogP contribution in [0.3, 0.4) is 0 Å². The summed E-state index contributed by atoms with van der Waals surface area (Å²) in [4.78, 5) is 26.9. The minimum atomic E-state index is -0.623. The third kappa shape index (κ3) is 8.35. The fourth-order valence-corrected chi connectivity index (χ4v) is 5.18. The number of carbonyl (C=O) groups excluding carboxylic acids is 1. The summed E-state index contributed by atoms with van der Waals surface area (Å²) in [6.07, 6.45) is 0.390. The number of benzene rings is 4. The van der Waals surface area contributed by atoms with Gasteiger partial charge in [-0.3, -0.25) is 0 Å². The van der Waals surface area contributed by atoms with Gasteiger partial charge in [-0.2, -0.15) is 0 Å². The van der Waals surface area contributed by atoms with Crippen molar-refractivity contribution in [2.24, 2.45) is 5.16 Å². The molecule has 6 rings (SSSR count). The molecule has 0 radical (unpaired) electrons. The van der Waals surface area contributed by atoms with Crippen LogP contribution in [-0.2, 0) is 27.6 Å². The van der Waals surface area contributed by atoms with Crippen LogP contribution in [0.5, 0.6) is 11.5 Å². The molecule has 0 fully saturated rings. The van der Waals surface area contributed by atoms with Crippen LogP contribution in [0, 0.1) is 0 Å². The Morgan fingerprint density at radius 1 is 0.702 bits per heavy atom. The highest BCUT2D eigenvalue weighted by Crippen LogP contribution is 2.30. The first-order valence-corrected chi connectivity index (χ1v) is 15.6. The number of hydrogen-bond acceptors (Lipinski definition) is 8. The van der Waals surface area contributed by atoms with Crippen LogP contribution in [0.4, 0.5) is 0 Å². The Morgan fingerprint density at radius 3 is 1.64 bits per heavy atom. The maximum atomic E-state index is 11.8. The maximum absolute atomic E-state index is 11.8. The van der Waals surface area contributed by atoms with Gasteiger partial charge in [0.25, 0.3) is 0 Å². The average molecular weight is 667 g/mol. The van der Waals surface area contributed by atoms with Gasteiger partial charge in [-0.25, -0.2) is 14.8 Å². The predicted octanol–water partition coefficient (Wildman–Crippen LogP) is 8.90. The van der Waals surface area contributed by atoms with Gasteiger partial charge in [0, 0.05) is 20.8 Å². The minimum absolute atomic E-state index is 0.238. The zero-order valence-corrected chi connectivity index (χ0v) is 26.8. The molecule has 0 spiro atoms. The summed E-state index contributed by atoms with van der Waals surface area (Å²) in [6.45, 7) is 2.53. The number of hydrogen-bond donors (Lipinski definition) is 0. The highest BCUT2D eigenvalue weighted by molar-refractivity contribution is 6.31. The predicted molar refractivity (Wildman–Crippen MR) is 183 cm³/mol. The van der Waals surface area contributed by atoms with Crippen LogP contribution in [0.15, 0.2) is 114 Å². The highest BCUT2D eigenvalue weighted by atomic mass is 35.5. The molecule has 4 aromatic carbocycles. The first-order chi connectivity index (χ1) is 22.9. The zero-order chi connectivity index (χ0) is 32.6. The van der Waals surface area contributed by atoms with Crippen molar-refractivity contribution in [3.63, 3.8) is 0 Å². The quantitative estimate of drug-likeness (QED) is 0.0732. The molecule has 0 N–H and O–H groups in total. The second-order valence-electron chi connectivity index (χ2n) is 10.5. The Kier molecular flexibility index (Phi) is 10.1. The lowest BCUT2D eigenvalue weighted by Crippen LogP contribution is -2.08. The Bertz CT molecular complexity index is 1900. The summed E-state index contributed by atoms with van der Waals surface area (Å²) in [5, 5.41) is 7.18. The number of pyridine rings is 2. The molecule has 2 aromatic heterocycles. The molecule has 47 heavy (non-hydrogen) atoms. The van der Waals surface area contributed by atoms with Gasteiger partial charge in [-0.05, 0) is 78.7 Å². The van der Waals surface area contributed by atoms with Gasteiger partial charge >= 0.3 is 5.97 Å². The van der Waals surface area contributed by atoms with Gasteiger partial charge in [0.15, 0.2) is 12.3 Å². The van der Waals surface area contributed by atoms with E-state index in [-0.39, 0.29) is 19.8 Å². The van der Waals surface area contributed by atoms with Crippen molar-refractivity contribution in [3.05, 3.63) is 142 Å².